The van der Waals surface area contributed by atoms with Gasteiger partial charge in [-0.3, -0.25) is 14.0 Å². The van der Waals surface area contributed by atoms with Crippen molar-refractivity contribution in [3.63, 3.8) is 0 Å². The van der Waals surface area contributed by atoms with Gasteiger partial charge in [-0.25, -0.2) is 9.67 Å². The van der Waals surface area contributed by atoms with Crippen molar-refractivity contribution in [1.29, 1.82) is 0 Å². The van der Waals surface area contributed by atoms with E-state index in [1.807, 2.05) is 53.7 Å². The number of nitrogens with one attached hydrogen (secondary N) is 1. The molecule has 5 aromatic rings. The fourth-order valence-electron chi connectivity index (χ4n) is 6.95. The lowest BCUT2D eigenvalue weighted by molar-refractivity contribution is 0.185. The van der Waals surface area contributed by atoms with Crippen molar-refractivity contribution in [3.05, 3.63) is 69.5 Å². The number of fused-ring (bicyclic) bond motifs is 3. The maximum absolute atomic E-state index is 14.0. The van der Waals surface area contributed by atoms with Gasteiger partial charge in [-0.15, -0.1) is 0 Å². The lowest BCUT2D eigenvalue weighted by atomic mass is 9.95. The van der Waals surface area contributed by atoms with E-state index in [0.717, 1.165) is 76.8 Å². The maximum Gasteiger partial charge on any atom is 0.260 e. The van der Waals surface area contributed by atoms with Crippen molar-refractivity contribution in [1.82, 2.24) is 34.0 Å². The number of aromatic nitrogens is 6. The van der Waals surface area contributed by atoms with Gasteiger partial charge >= 0.3 is 0 Å². The molecule has 4 aromatic heterocycles. The Kier molecular flexibility index (Phi) is 7.68. The van der Waals surface area contributed by atoms with Crippen LogP contribution in [0.1, 0.15) is 62.4 Å². The molecule has 0 aliphatic carbocycles. The molecule has 11 heteroatoms. The Morgan fingerprint density at radius 1 is 1.09 bits per heavy atom. The zero-order chi connectivity index (χ0) is 30.5. The molecule has 0 radical (unpaired) electrons. The fourth-order valence-corrected chi connectivity index (χ4v) is 7.09. The topological polar surface area (TPSA) is 95.0 Å². The number of likely N-dealkylation sites (tertiary alicyclic amines) is 1. The van der Waals surface area contributed by atoms with Crippen LogP contribution in [0.2, 0.25) is 5.15 Å². The van der Waals surface area contributed by atoms with Crippen LogP contribution < -0.4 is 10.9 Å². The number of benzene rings is 1. The Balaban J connectivity index is 1.30. The van der Waals surface area contributed by atoms with Crippen molar-refractivity contribution >= 4 is 39.1 Å². The van der Waals surface area contributed by atoms with E-state index >= 15 is 0 Å². The standard InChI is InChI=1S/C33H39ClN8O2/c1-5-40-32-27(17-36-42(32)24-10-13-44-19-24)30-25(14-20(2)15-26(30)33(40)43)21(3)37-28-6-7-29(34)38-31(28)22-16-35-41(18-22)23-8-11-39(4)12-9-23/h6-7,14-18,21,23-24,37H,5,8-13,19H2,1-4H3. The van der Waals surface area contributed by atoms with Gasteiger partial charge in [0, 0.05) is 47.1 Å². The minimum atomic E-state index is -0.152. The van der Waals surface area contributed by atoms with E-state index in [1.54, 1.807) is 0 Å². The van der Waals surface area contributed by atoms with Gasteiger partial charge in [-0.2, -0.15) is 10.2 Å². The summed E-state index contributed by atoms with van der Waals surface area (Å²) in [4.78, 5) is 21.1. The highest BCUT2D eigenvalue weighted by Crippen LogP contribution is 2.36. The molecule has 2 aliphatic heterocycles. The summed E-state index contributed by atoms with van der Waals surface area (Å²) in [5.74, 6) is 0. The van der Waals surface area contributed by atoms with Crippen molar-refractivity contribution in [2.75, 3.05) is 38.7 Å². The van der Waals surface area contributed by atoms with Crippen molar-refractivity contribution < 1.29 is 4.74 Å². The molecule has 0 saturated carbocycles. The summed E-state index contributed by atoms with van der Waals surface area (Å²) in [6.45, 7) is 10.2. The van der Waals surface area contributed by atoms with E-state index < -0.39 is 0 Å². The third-order valence-electron chi connectivity index (χ3n) is 9.29. The van der Waals surface area contributed by atoms with Gasteiger partial charge in [-0.1, -0.05) is 17.7 Å². The van der Waals surface area contributed by atoms with Gasteiger partial charge in [0.2, 0.25) is 0 Å². The lowest BCUT2D eigenvalue weighted by Gasteiger charge is -2.29. The highest BCUT2D eigenvalue weighted by atomic mass is 35.5. The third kappa shape index (κ3) is 5.08. The van der Waals surface area contributed by atoms with E-state index in [9.17, 15) is 4.79 Å². The number of nitrogens with zero attached hydrogens (tertiary/aromatic N) is 7. The second-order valence-corrected chi connectivity index (χ2v) is 12.7. The van der Waals surface area contributed by atoms with Crippen LogP contribution in [0.15, 0.2) is 47.7 Å². The number of hydrogen-bond acceptors (Lipinski definition) is 7. The SMILES string of the molecule is CCn1c(=O)c2cc(C)cc(C(C)Nc3ccc(Cl)nc3-c3cnn(C4CCN(C)CC4)c3)c2c2cnn(C3CCOC3)c21. The number of rotatable bonds is 7. The van der Waals surface area contributed by atoms with Crippen molar-refractivity contribution in [2.45, 2.75) is 64.7 Å². The van der Waals surface area contributed by atoms with E-state index in [4.69, 9.17) is 31.5 Å². The molecule has 2 unspecified atom stereocenters. The highest BCUT2D eigenvalue weighted by Gasteiger charge is 2.26. The Labute approximate surface area is 261 Å². The van der Waals surface area contributed by atoms with Gasteiger partial charge in [0.05, 0.1) is 42.5 Å². The smallest absolute Gasteiger partial charge is 0.260 e. The Bertz CT molecular complexity index is 1900. The molecular weight excluding hydrogens is 576 g/mol. The van der Waals surface area contributed by atoms with Crippen molar-refractivity contribution in [2.24, 2.45) is 0 Å². The molecule has 10 nitrogen and oxygen atoms in total. The molecule has 1 aromatic carbocycles. The number of anilines is 1. The molecule has 2 aliphatic rings. The largest absolute Gasteiger partial charge is 0.379 e. The first kappa shape index (κ1) is 29.0. The van der Waals surface area contributed by atoms with Gasteiger partial charge in [0.25, 0.3) is 5.56 Å². The second-order valence-electron chi connectivity index (χ2n) is 12.3. The molecule has 230 valence electrons. The number of ether oxygens (including phenoxy) is 1. The Morgan fingerprint density at radius 3 is 2.66 bits per heavy atom. The zero-order valence-corrected chi connectivity index (χ0v) is 26.5. The van der Waals surface area contributed by atoms with Gasteiger partial charge < -0.3 is 15.0 Å². The molecule has 7 rings (SSSR count). The molecule has 0 bridgehead atoms. The third-order valence-corrected chi connectivity index (χ3v) is 9.50. The first-order valence-electron chi connectivity index (χ1n) is 15.6. The fraction of sp³-hybridized carbons (Fsp3) is 0.455. The molecule has 1 N–H and O–H groups in total. The number of pyridine rings is 2. The van der Waals surface area contributed by atoms with Crippen LogP contribution in [0.5, 0.6) is 0 Å². The predicted octanol–water partition coefficient (Wildman–Crippen LogP) is 5.99. The molecule has 44 heavy (non-hydrogen) atoms. The van der Waals surface area contributed by atoms with E-state index in [0.29, 0.717) is 36.3 Å². The Hall–Kier alpha value is -3.73. The van der Waals surface area contributed by atoms with Crippen LogP contribution in [-0.4, -0.2) is 67.4 Å². The summed E-state index contributed by atoms with van der Waals surface area (Å²) in [6, 6.07) is 8.30. The first-order valence-corrected chi connectivity index (χ1v) is 16.0. The summed E-state index contributed by atoms with van der Waals surface area (Å²) in [5, 5.41) is 16.3. The summed E-state index contributed by atoms with van der Waals surface area (Å²) in [7, 11) is 2.16. The monoisotopic (exact) mass is 614 g/mol. The molecule has 0 spiro atoms. The average Bonchev–Trinajstić information content (AvgIpc) is 3.80. The van der Waals surface area contributed by atoms with Gasteiger partial charge in [-0.05, 0) is 89.5 Å². The maximum atomic E-state index is 14.0. The molecule has 2 saturated heterocycles. The van der Waals surface area contributed by atoms with Crippen LogP contribution >= 0.6 is 11.6 Å². The normalized spacial score (nSPS) is 18.9. The van der Waals surface area contributed by atoms with Crippen LogP contribution in [0.3, 0.4) is 0 Å². The number of aryl methyl sites for hydroxylation is 2. The van der Waals surface area contributed by atoms with E-state index in [2.05, 4.69) is 41.1 Å². The molecule has 2 atom stereocenters. The Morgan fingerprint density at radius 2 is 1.91 bits per heavy atom. The zero-order valence-electron chi connectivity index (χ0n) is 25.8. The lowest BCUT2D eigenvalue weighted by Crippen LogP contribution is -2.31. The van der Waals surface area contributed by atoms with Crippen LogP contribution in [0, 0.1) is 6.92 Å². The number of hydrogen-bond donors (Lipinski definition) is 1. The highest BCUT2D eigenvalue weighted by molar-refractivity contribution is 6.29. The summed E-state index contributed by atoms with van der Waals surface area (Å²) >= 11 is 6.43. The summed E-state index contributed by atoms with van der Waals surface area (Å²) in [6.07, 6.45) is 8.91. The van der Waals surface area contributed by atoms with Crippen molar-refractivity contribution in [3.8, 4) is 11.3 Å². The predicted molar refractivity (Wildman–Crippen MR) is 175 cm³/mol. The van der Waals surface area contributed by atoms with Crippen LogP contribution in [-0.2, 0) is 11.3 Å². The summed E-state index contributed by atoms with van der Waals surface area (Å²) in [5.41, 5.74) is 5.46. The second kappa shape index (κ2) is 11.6. The van der Waals surface area contributed by atoms with Crippen LogP contribution in [0.25, 0.3) is 33.1 Å². The van der Waals surface area contributed by atoms with Gasteiger partial charge in [0.15, 0.2) is 0 Å². The molecule has 2 fully saturated rings. The van der Waals surface area contributed by atoms with Crippen LogP contribution in [0.4, 0.5) is 5.69 Å². The molecular formula is C33H39ClN8O2. The minimum absolute atomic E-state index is 0.00276. The summed E-state index contributed by atoms with van der Waals surface area (Å²) < 4.78 is 11.6. The minimum Gasteiger partial charge on any atom is -0.379 e. The van der Waals surface area contributed by atoms with E-state index in [-0.39, 0.29) is 17.6 Å². The first-order chi connectivity index (χ1) is 21.3. The quantitative estimate of drug-likeness (QED) is 0.225. The van der Waals surface area contributed by atoms with Gasteiger partial charge in [0.1, 0.15) is 10.8 Å². The number of piperidine rings is 1. The molecule has 6 heterocycles. The molecule has 0 amide bonds. The van der Waals surface area contributed by atoms with E-state index in [1.165, 1.54) is 0 Å². The number of halogens is 1. The average molecular weight is 615 g/mol.